The molecule has 0 saturated heterocycles. The summed E-state index contributed by atoms with van der Waals surface area (Å²) in [6.45, 7) is 1.83. The number of esters is 1. The number of nitrogens with two attached hydrogens (primary N) is 1. The summed E-state index contributed by atoms with van der Waals surface area (Å²) in [6, 6.07) is 3.25. The van der Waals surface area contributed by atoms with Crippen LogP contribution in [0.1, 0.15) is 37.7 Å². The molecule has 158 valence electrons. The highest BCUT2D eigenvalue weighted by Crippen LogP contribution is 2.47. The molecule has 1 aliphatic carbocycles. The minimum Gasteiger partial charge on any atom is -0.493 e. The van der Waals surface area contributed by atoms with Crippen molar-refractivity contribution >= 4 is 23.4 Å². The van der Waals surface area contributed by atoms with Crippen LogP contribution in [0.2, 0.25) is 5.02 Å². The van der Waals surface area contributed by atoms with Gasteiger partial charge in [-0.2, -0.15) is 0 Å². The number of ether oxygens (including phenoxy) is 4. The van der Waals surface area contributed by atoms with Crippen LogP contribution in [0, 0.1) is 12.3 Å². The van der Waals surface area contributed by atoms with Crippen molar-refractivity contribution in [2.75, 3.05) is 20.3 Å². The van der Waals surface area contributed by atoms with Crippen molar-refractivity contribution in [3.63, 3.8) is 0 Å². The van der Waals surface area contributed by atoms with Gasteiger partial charge in [0, 0.05) is 18.4 Å². The Labute approximate surface area is 179 Å². The number of methoxy groups -OCH3 is 1. The molecular formula is C22H22ClNO6. The van der Waals surface area contributed by atoms with Gasteiger partial charge in [0.25, 0.3) is 0 Å². The molecule has 0 aromatic heterocycles. The second kappa shape index (κ2) is 9.14. The summed E-state index contributed by atoms with van der Waals surface area (Å²) in [6.07, 6.45) is 6.80. The Hall–Kier alpha value is -3.11. The zero-order chi connectivity index (χ0) is 21.8. The summed E-state index contributed by atoms with van der Waals surface area (Å²) in [5.41, 5.74) is 7.06. The number of carbonyl (C=O) groups is 2. The van der Waals surface area contributed by atoms with Crippen molar-refractivity contribution in [3.05, 3.63) is 45.5 Å². The third-order valence-corrected chi connectivity index (χ3v) is 5.15. The van der Waals surface area contributed by atoms with Crippen molar-refractivity contribution in [2.24, 2.45) is 5.73 Å². The smallest absolute Gasteiger partial charge is 0.340 e. The molecule has 30 heavy (non-hydrogen) atoms. The molecule has 1 heterocycles. The molecule has 1 atom stereocenters. The van der Waals surface area contributed by atoms with E-state index in [-0.39, 0.29) is 41.2 Å². The quantitative estimate of drug-likeness (QED) is 0.545. The topological polar surface area (TPSA) is 97.1 Å². The Morgan fingerprint density at radius 1 is 1.40 bits per heavy atom. The molecule has 8 heteroatoms. The summed E-state index contributed by atoms with van der Waals surface area (Å²) in [5.74, 6) is 1.75. The van der Waals surface area contributed by atoms with Crippen LogP contribution in [0.5, 0.6) is 11.5 Å². The predicted molar refractivity (Wildman–Crippen MR) is 110 cm³/mol. The molecule has 2 N–H and O–H groups in total. The van der Waals surface area contributed by atoms with Crippen LogP contribution < -0.4 is 15.2 Å². The number of rotatable bonds is 6. The molecule has 0 amide bonds. The SMILES string of the molecule is C#CCOc1c(Cl)cc(C2C(C(=O)OCC)=C(N)OC3=C2C(=O)CCC3)cc1OC. The van der Waals surface area contributed by atoms with Crippen LogP contribution >= 0.6 is 11.6 Å². The largest absolute Gasteiger partial charge is 0.493 e. The van der Waals surface area contributed by atoms with E-state index in [0.717, 1.165) is 0 Å². The average Bonchev–Trinajstić information content (AvgIpc) is 2.71. The molecule has 1 aromatic rings. The molecule has 0 bridgehead atoms. The minimum absolute atomic E-state index is 0.00140. The Morgan fingerprint density at radius 3 is 2.83 bits per heavy atom. The maximum absolute atomic E-state index is 12.8. The Morgan fingerprint density at radius 2 is 2.17 bits per heavy atom. The molecule has 0 fully saturated rings. The fraction of sp³-hybridized carbons (Fsp3) is 0.364. The molecule has 1 unspecified atom stereocenters. The Kier molecular flexibility index (Phi) is 6.58. The Balaban J connectivity index is 2.19. The fourth-order valence-electron chi connectivity index (χ4n) is 3.66. The zero-order valence-corrected chi connectivity index (χ0v) is 17.5. The van der Waals surface area contributed by atoms with E-state index in [1.807, 2.05) is 0 Å². The highest BCUT2D eigenvalue weighted by Gasteiger charge is 2.41. The molecule has 2 aliphatic rings. The highest BCUT2D eigenvalue weighted by molar-refractivity contribution is 6.32. The van der Waals surface area contributed by atoms with Gasteiger partial charge in [0.15, 0.2) is 17.3 Å². The van der Waals surface area contributed by atoms with E-state index in [1.54, 1.807) is 19.1 Å². The lowest BCUT2D eigenvalue weighted by molar-refractivity contribution is -0.139. The first-order valence-corrected chi connectivity index (χ1v) is 9.85. The van der Waals surface area contributed by atoms with E-state index in [2.05, 4.69) is 5.92 Å². The molecule has 1 aromatic carbocycles. The van der Waals surface area contributed by atoms with Gasteiger partial charge in [0.05, 0.1) is 24.7 Å². The van der Waals surface area contributed by atoms with Gasteiger partial charge < -0.3 is 24.7 Å². The predicted octanol–water partition coefficient (Wildman–Crippen LogP) is 3.21. The average molecular weight is 432 g/mol. The van der Waals surface area contributed by atoms with Crippen LogP contribution in [0.25, 0.3) is 0 Å². The highest BCUT2D eigenvalue weighted by atomic mass is 35.5. The van der Waals surface area contributed by atoms with E-state index in [1.165, 1.54) is 7.11 Å². The summed E-state index contributed by atoms with van der Waals surface area (Å²) >= 11 is 6.44. The number of carbonyl (C=O) groups excluding carboxylic acids is 2. The molecule has 0 saturated carbocycles. The molecule has 0 spiro atoms. The van der Waals surface area contributed by atoms with Crippen molar-refractivity contribution in [2.45, 2.75) is 32.1 Å². The van der Waals surface area contributed by atoms with Crippen molar-refractivity contribution in [3.8, 4) is 23.8 Å². The summed E-state index contributed by atoms with van der Waals surface area (Å²) in [7, 11) is 1.45. The summed E-state index contributed by atoms with van der Waals surface area (Å²) in [5, 5.41) is 0.221. The van der Waals surface area contributed by atoms with E-state index >= 15 is 0 Å². The van der Waals surface area contributed by atoms with E-state index in [0.29, 0.717) is 41.9 Å². The zero-order valence-electron chi connectivity index (χ0n) is 16.7. The van der Waals surface area contributed by atoms with Crippen molar-refractivity contribution in [1.29, 1.82) is 0 Å². The number of terminal acetylenes is 1. The first-order chi connectivity index (χ1) is 14.4. The Bertz CT molecular complexity index is 988. The number of halogens is 1. The number of Topliss-reactive ketones (excluding diaryl/α,β-unsaturated/α-hetero) is 1. The lowest BCUT2D eigenvalue weighted by Gasteiger charge is -2.32. The van der Waals surface area contributed by atoms with Crippen LogP contribution in [-0.2, 0) is 19.1 Å². The van der Waals surface area contributed by atoms with Gasteiger partial charge in [-0.15, -0.1) is 6.42 Å². The van der Waals surface area contributed by atoms with Crippen LogP contribution in [0.3, 0.4) is 0 Å². The van der Waals surface area contributed by atoms with Crippen molar-refractivity contribution < 1.29 is 28.5 Å². The number of benzene rings is 1. The minimum atomic E-state index is -0.798. The lowest BCUT2D eigenvalue weighted by Crippen LogP contribution is -2.31. The number of hydrogen-bond donors (Lipinski definition) is 1. The van der Waals surface area contributed by atoms with Gasteiger partial charge in [0.1, 0.15) is 17.9 Å². The number of hydrogen-bond acceptors (Lipinski definition) is 7. The molecular weight excluding hydrogens is 410 g/mol. The maximum Gasteiger partial charge on any atom is 0.340 e. The monoisotopic (exact) mass is 431 g/mol. The second-order valence-corrected chi connectivity index (χ2v) is 7.08. The van der Waals surface area contributed by atoms with Gasteiger partial charge in [-0.3, -0.25) is 4.79 Å². The molecule has 0 radical (unpaired) electrons. The number of ketones is 1. The van der Waals surface area contributed by atoms with Gasteiger partial charge in [-0.05, 0) is 31.0 Å². The van der Waals surface area contributed by atoms with Crippen LogP contribution in [0.15, 0.2) is 34.9 Å². The lowest BCUT2D eigenvalue weighted by atomic mass is 9.77. The molecule has 3 rings (SSSR count). The number of allylic oxidation sites excluding steroid dienone is 2. The van der Waals surface area contributed by atoms with Gasteiger partial charge in [-0.25, -0.2) is 4.79 Å². The normalized spacial score (nSPS) is 18.3. The van der Waals surface area contributed by atoms with Gasteiger partial charge in [-0.1, -0.05) is 17.5 Å². The van der Waals surface area contributed by atoms with E-state index in [4.69, 9.17) is 42.7 Å². The first kappa shape index (κ1) is 21.6. The molecule has 7 nitrogen and oxygen atoms in total. The van der Waals surface area contributed by atoms with E-state index in [9.17, 15) is 9.59 Å². The van der Waals surface area contributed by atoms with Gasteiger partial charge in [0.2, 0.25) is 5.88 Å². The summed E-state index contributed by atoms with van der Waals surface area (Å²) < 4.78 is 21.7. The molecule has 1 aliphatic heterocycles. The third kappa shape index (κ3) is 3.96. The van der Waals surface area contributed by atoms with Crippen molar-refractivity contribution in [1.82, 2.24) is 0 Å². The second-order valence-electron chi connectivity index (χ2n) is 6.67. The maximum atomic E-state index is 12.8. The third-order valence-electron chi connectivity index (χ3n) is 4.86. The summed E-state index contributed by atoms with van der Waals surface area (Å²) in [4.78, 5) is 25.6. The van der Waals surface area contributed by atoms with E-state index < -0.39 is 11.9 Å². The van der Waals surface area contributed by atoms with Crippen LogP contribution in [-0.4, -0.2) is 32.1 Å². The standard InChI is InChI=1S/C22H22ClNO6/c1-4-9-29-20-13(23)10-12(11-16(20)27-3)17-18-14(25)7-6-8-15(18)30-21(24)19(17)22(26)28-5-2/h1,10-11,17H,5-9,24H2,2-3H3. The first-order valence-electron chi connectivity index (χ1n) is 9.47. The van der Waals surface area contributed by atoms with Crippen LogP contribution in [0.4, 0.5) is 0 Å². The fourth-order valence-corrected chi connectivity index (χ4v) is 3.93. The van der Waals surface area contributed by atoms with Gasteiger partial charge >= 0.3 is 5.97 Å².